The van der Waals surface area contributed by atoms with Gasteiger partial charge < -0.3 is 10.6 Å². The predicted molar refractivity (Wildman–Crippen MR) is 109 cm³/mol. The van der Waals surface area contributed by atoms with Gasteiger partial charge in [0, 0.05) is 23.9 Å². The Labute approximate surface area is 159 Å². The average Bonchev–Trinajstić information content (AvgIpc) is 2.62. The molecule has 2 N–H and O–H groups in total. The maximum Gasteiger partial charge on any atom is 0.229 e. The molecule has 138 valence electrons. The first-order chi connectivity index (χ1) is 12.0. The molecule has 8 heteroatoms. The number of aromatic nitrogens is 2. The fourth-order valence-electron chi connectivity index (χ4n) is 2.49. The van der Waals surface area contributed by atoms with Crippen LogP contribution < -0.4 is 10.6 Å². The Morgan fingerprint density at radius 3 is 2.35 bits per heavy atom. The molecule has 2 aromatic carbocycles. The van der Waals surface area contributed by atoms with Gasteiger partial charge in [-0.15, -0.1) is 12.4 Å². The average molecular weight is 393 g/mol. The minimum absolute atomic E-state index is 0. The molecule has 0 aliphatic carbocycles. The van der Waals surface area contributed by atoms with Crippen LogP contribution in [0.4, 0.5) is 17.5 Å². The van der Waals surface area contributed by atoms with E-state index in [-0.39, 0.29) is 23.9 Å². The highest BCUT2D eigenvalue weighted by molar-refractivity contribution is 7.90. The van der Waals surface area contributed by atoms with Gasteiger partial charge in [0.25, 0.3) is 0 Å². The number of sulfone groups is 1. The van der Waals surface area contributed by atoms with Crippen molar-refractivity contribution in [3.05, 3.63) is 54.1 Å². The van der Waals surface area contributed by atoms with E-state index in [1.807, 2.05) is 43.4 Å². The molecule has 26 heavy (non-hydrogen) atoms. The Morgan fingerprint density at radius 1 is 1.00 bits per heavy atom. The van der Waals surface area contributed by atoms with Gasteiger partial charge in [-0.25, -0.2) is 13.4 Å². The number of hydrogen-bond acceptors (Lipinski definition) is 6. The molecule has 0 saturated heterocycles. The molecule has 1 heterocycles. The van der Waals surface area contributed by atoms with E-state index in [1.165, 1.54) is 0 Å². The summed E-state index contributed by atoms with van der Waals surface area (Å²) in [5.41, 5.74) is 2.41. The second kappa shape index (κ2) is 8.33. The third kappa shape index (κ3) is 4.62. The summed E-state index contributed by atoms with van der Waals surface area (Å²) < 4.78 is 23.4. The number of rotatable bonds is 6. The molecule has 0 fully saturated rings. The largest absolute Gasteiger partial charge is 0.372 e. The first-order valence-corrected chi connectivity index (χ1v) is 9.84. The second-order valence-corrected chi connectivity index (χ2v) is 8.01. The lowest BCUT2D eigenvalue weighted by Crippen LogP contribution is -2.06. The highest BCUT2D eigenvalue weighted by atomic mass is 35.5. The smallest absolute Gasteiger partial charge is 0.229 e. The third-order valence-electron chi connectivity index (χ3n) is 3.88. The Morgan fingerprint density at radius 2 is 1.69 bits per heavy atom. The zero-order chi connectivity index (χ0) is 17.9. The van der Waals surface area contributed by atoms with Gasteiger partial charge >= 0.3 is 0 Å². The monoisotopic (exact) mass is 392 g/mol. The second-order valence-electron chi connectivity index (χ2n) is 5.66. The van der Waals surface area contributed by atoms with Crippen molar-refractivity contribution in [1.82, 2.24) is 9.97 Å². The lowest BCUT2D eigenvalue weighted by molar-refractivity contribution is 0.596. The Hall–Kier alpha value is -2.38. The van der Waals surface area contributed by atoms with Crippen LogP contribution in [0.25, 0.3) is 10.9 Å². The molecule has 0 unspecified atom stereocenters. The summed E-state index contributed by atoms with van der Waals surface area (Å²) in [6, 6.07) is 15.0. The lowest BCUT2D eigenvalue weighted by atomic mass is 10.2. The van der Waals surface area contributed by atoms with Gasteiger partial charge in [-0.2, -0.15) is 4.98 Å². The molecule has 0 aliphatic heterocycles. The number of hydrogen-bond donors (Lipinski definition) is 2. The van der Waals surface area contributed by atoms with Crippen LogP contribution in [-0.2, 0) is 15.6 Å². The number of anilines is 3. The first-order valence-electron chi connectivity index (χ1n) is 8.01. The van der Waals surface area contributed by atoms with Crippen molar-refractivity contribution in [2.24, 2.45) is 0 Å². The molecule has 3 rings (SSSR count). The maximum atomic E-state index is 11.7. The summed E-state index contributed by atoms with van der Waals surface area (Å²) >= 11 is 0. The number of nitrogens with one attached hydrogen (secondary N) is 2. The molecule has 0 atom stereocenters. The highest BCUT2D eigenvalue weighted by Gasteiger charge is 2.09. The molecule has 0 amide bonds. The van der Waals surface area contributed by atoms with E-state index in [4.69, 9.17) is 0 Å². The normalized spacial score (nSPS) is 11.0. The van der Waals surface area contributed by atoms with Crippen LogP contribution in [0.15, 0.2) is 48.5 Å². The van der Waals surface area contributed by atoms with Crippen LogP contribution in [0.2, 0.25) is 0 Å². The van der Waals surface area contributed by atoms with Gasteiger partial charge in [-0.3, -0.25) is 0 Å². The minimum atomic E-state index is -3.03. The lowest BCUT2D eigenvalue weighted by Gasteiger charge is -2.10. The predicted octanol–water partition coefficient (Wildman–Crippen LogP) is 3.77. The molecular weight excluding hydrogens is 372 g/mol. The summed E-state index contributed by atoms with van der Waals surface area (Å²) in [6.45, 7) is 1.65. The molecular formula is C18H21ClN4O2S. The summed E-state index contributed by atoms with van der Waals surface area (Å²) in [7, 11) is -1.21. The minimum Gasteiger partial charge on any atom is -0.372 e. The fraction of sp³-hybridized carbons (Fsp3) is 0.222. The van der Waals surface area contributed by atoms with E-state index in [9.17, 15) is 8.42 Å². The van der Waals surface area contributed by atoms with Crippen LogP contribution in [0, 0.1) is 0 Å². The zero-order valence-corrected chi connectivity index (χ0v) is 16.2. The Bertz CT molecular complexity index is 992. The SMILES string of the molecule is CCS(=O)(=O)Cc1ccc(Nc2nc(NC)c3ccccc3n2)cc1.Cl. The van der Waals surface area contributed by atoms with E-state index in [0.29, 0.717) is 5.95 Å². The molecule has 0 saturated carbocycles. The van der Waals surface area contributed by atoms with E-state index in [2.05, 4.69) is 20.6 Å². The van der Waals surface area contributed by atoms with Gasteiger partial charge in [0.05, 0.1) is 11.3 Å². The summed E-state index contributed by atoms with van der Waals surface area (Å²) in [5.74, 6) is 1.43. The Balaban J connectivity index is 0.00000243. The molecule has 0 radical (unpaired) electrons. The highest BCUT2D eigenvalue weighted by Crippen LogP contribution is 2.23. The maximum absolute atomic E-state index is 11.7. The number of para-hydroxylation sites is 1. The fourth-order valence-corrected chi connectivity index (χ4v) is 3.40. The van der Waals surface area contributed by atoms with Gasteiger partial charge in [-0.05, 0) is 29.8 Å². The topological polar surface area (TPSA) is 84.0 Å². The van der Waals surface area contributed by atoms with Crippen LogP contribution in [0.1, 0.15) is 12.5 Å². The number of fused-ring (bicyclic) bond motifs is 1. The van der Waals surface area contributed by atoms with Crippen molar-refractivity contribution in [2.45, 2.75) is 12.7 Å². The van der Waals surface area contributed by atoms with Crippen molar-refractivity contribution in [1.29, 1.82) is 0 Å². The van der Waals surface area contributed by atoms with Crippen LogP contribution >= 0.6 is 12.4 Å². The quantitative estimate of drug-likeness (QED) is 0.664. The molecule has 6 nitrogen and oxygen atoms in total. The van der Waals surface area contributed by atoms with Gasteiger partial charge in [0.15, 0.2) is 9.84 Å². The number of nitrogens with zero attached hydrogens (tertiary/aromatic N) is 2. The van der Waals surface area contributed by atoms with Crippen molar-refractivity contribution in [3.63, 3.8) is 0 Å². The van der Waals surface area contributed by atoms with Crippen LogP contribution in [-0.4, -0.2) is 31.2 Å². The Kier molecular flexibility index (Phi) is 6.39. The van der Waals surface area contributed by atoms with Crippen molar-refractivity contribution in [2.75, 3.05) is 23.4 Å². The van der Waals surface area contributed by atoms with E-state index >= 15 is 0 Å². The molecule has 0 aliphatic rings. The zero-order valence-electron chi connectivity index (χ0n) is 14.6. The van der Waals surface area contributed by atoms with Crippen molar-refractivity contribution < 1.29 is 8.42 Å². The summed E-state index contributed by atoms with van der Waals surface area (Å²) in [5, 5.41) is 7.20. The van der Waals surface area contributed by atoms with Gasteiger partial charge in [0.1, 0.15) is 5.82 Å². The standard InChI is InChI=1S/C18H20N4O2S.ClH/c1-3-25(23,24)12-13-8-10-14(11-9-13)20-18-21-16-7-5-4-6-15(16)17(19-2)22-18;/h4-11H,3,12H2,1-2H3,(H2,19,20,21,22);1H. The van der Waals surface area contributed by atoms with Gasteiger partial charge in [-0.1, -0.05) is 31.2 Å². The molecule has 0 spiro atoms. The van der Waals surface area contributed by atoms with E-state index < -0.39 is 9.84 Å². The van der Waals surface area contributed by atoms with Crippen molar-refractivity contribution >= 4 is 50.6 Å². The third-order valence-corrected chi connectivity index (χ3v) is 5.53. The van der Waals surface area contributed by atoms with E-state index in [1.54, 1.807) is 19.1 Å². The van der Waals surface area contributed by atoms with Gasteiger partial charge in [0.2, 0.25) is 5.95 Å². The summed E-state index contributed by atoms with van der Waals surface area (Å²) in [4.78, 5) is 9.00. The first kappa shape index (κ1) is 19.9. The number of benzene rings is 2. The summed E-state index contributed by atoms with van der Waals surface area (Å²) in [6.07, 6.45) is 0. The van der Waals surface area contributed by atoms with Crippen LogP contribution in [0.3, 0.4) is 0 Å². The molecule has 3 aromatic rings. The van der Waals surface area contributed by atoms with Crippen LogP contribution in [0.5, 0.6) is 0 Å². The molecule has 1 aromatic heterocycles. The van der Waals surface area contributed by atoms with E-state index in [0.717, 1.165) is 28.0 Å². The number of halogens is 1. The van der Waals surface area contributed by atoms with Crippen molar-refractivity contribution in [3.8, 4) is 0 Å². The molecule has 0 bridgehead atoms.